The molecule has 100 valence electrons. The number of carbonyl (C=O) groups is 1. The van der Waals surface area contributed by atoms with Gasteiger partial charge in [0.05, 0.1) is 0 Å². The number of sulfonamides is 1. The highest BCUT2D eigenvalue weighted by atomic mass is 32.2. The molecule has 1 rings (SSSR count). The van der Waals surface area contributed by atoms with Crippen LogP contribution in [0.15, 0.2) is 23.1 Å². The molecule has 0 radical (unpaired) electrons. The average molecular weight is 277 g/mol. The first-order chi connectivity index (χ1) is 8.24. The summed E-state index contributed by atoms with van der Waals surface area (Å²) in [7, 11) is -4.18. The number of benzene rings is 1. The topological polar surface area (TPSA) is 136 Å². The second-order valence-corrected chi connectivity index (χ2v) is 5.20. The fraction of sp³-hybridized carbons (Fsp3) is 0.222. The second-order valence-electron chi connectivity index (χ2n) is 3.46. The Morgan fingerprint density at radius 3 is 2.61 bits per heavy atom. The van der Waals surface area contributed by atoms with E-state index in [2.05, 4.69) is 0 Å². The molecule has 0 spiro atoms. The monoisotopic (exact) mass is 277 g/mol. The zero-order valence-corrected chi connectivity index (χ0v) is 9.95. The van der Waals surface area contributed by atoms with Gasteiger partial charge < -0.3 is 16.6 Å². The predicted octanol–water partition coefficient (Wildman–Crippen LogP) is -1.47. The van der Waals surface area contributed by atoms with Crippen LogP contribution < -0.4 is 16.2 Å². The van der Waals surface area contributed by atoms with Crippen LogP contribution >= 0.6 is 0 Å². The Labute approximate surface area is 103 Å². The largest absolute Gasteiger partial charge is 0.399 e. The van der Waals surface area contributed by atoms with Crippen molar-refractivity contribution in [2.75, 3.05) is 12.3 Å². The maximum Gasteiger partial charge on any atom is 0.247 e. The Bertz CT molecular complexity index is 561. The van der Waals surface area contributed by atoms with Gasteiger partial charge in [-0.25, -0.2) is 17.5 Å². The maximum absolute atomic E-state index is 13.4. The molecule has 0 aromatic heterocycles. The van der Waals surface area contributed by atoms with Crippen LogP contribution in [-0.2, 0) is 14.8 Å². The normalized spacial score (nSPS) is 13.2. The van der Waals surface area contributed by atoms with E-state index in [1.165, 1.54) is 6.07 Å². The summed E-state index contributed by atoms with van der Waals surface area (Å²) in [5.41, 5.74) is 10.1. The number of anilines is 1. The smallest absolute Gasteiger partial charge is 0.247 e. The van der Waals surface area contributed by atoms with Crippen LogP contribution in [0.5, 0.6) is 0 Å². The standard InChI is InChI=1S/C9H12FN3O4S/c10-6-3-5(11)1-2-8(6)18(16,17)13-4-7(14)9(12)15/h1-3,7,13-14H,4,11H2,(H2,12,15). The lowest BCUT2D eigenvalue weighted by Crippen LogP contribution is -2.40. The van der Waals surface area contributed by atoms with Gasteiger partial charge in [0.15, 0.2) is 0 Å². The molecular formula is C9H12FN3O4S. The second kappa shape index (κ2) is 5.29. The number of aliphatic hydroxyl groups excluding tert-OH is 1. The zero-order chi connectivity index (χ0) is 13.9. The Morgan fingerprint density at radius 1 is 1.50 bits per heavy atom. The summed E-state index contributed by atoms with van der Waals surface area (Å²) >= 11 is 0. The zero-order valence-electron chi connectivity index (χ0n) is 9.13. The minimum absolute atomic E-state index is 0.0728. The first kappa shape index (κ1) is 14.4. The SMILES string of the molecule is NC(=O)C(O)CNS(=O)(=O)c1ccc(N)cc1F. The van der Waals surface area contributed by atoms with E-state index >= 15 is 0 Å². The quantitative estimate of drug-likeness (QED) is 0.487. The first-order valence-corrected chi connectivity index (χ1v) is 6.24. The van der Waals surface area contributed by atoms with Gasteiger partial charge in [0, 0.05) is 12.2 Å². The van der Waals surface area contributed by atoms with Crippen LogP contribution in [0.25, 0.3) is 0 Å². The summed E-state index contributed by atoms with van der Waals surface area (Å²) in [6, 6.07) is 3.03. The summed E-state index contributed by atoms with van der Waals surface area (Å²) in [5.74, 6) is -2.12. The minimum Gasteiger partial charge on any atom is -0.399 e. The van der Waals surface area contributed by atoms with Crippen LogP contribution in [-0.4, -0.2) is 32.1 Å². The lowest BCUT2D eigenvalue weighted by atomic mass is 10.3. The number of aliphatic hydroxyl groups is 1. The van der Waals surface area contributed by atoms with Crippen molar-refractivity contribution in [2.45, 2.75) is 11.0 Å². The Hall–Kier alpha value is -1.71. The van der Waals surface area contributed by atoms with Crippen molar-refractivity contribution >= 4 is 21.6 Å². The Balaban J connectivity index is 2.90. The number of nitrogens with one attached hydrogen (secondary N) is 1. The molecule has 0 heterocycles. The van der Waals surface area contributed by atoms with E-state index in [9.17, 15) is 17.6 Å². The third-order valence-electron chi connectivity index (χ3n) is 2.04. The van der Waals surface area contributed by atoms with Gasteiger partial charge in [-0.15, -0.1) is 0 Å². The fourth-order valence-electron chi connectivity index (χ4n) is 1.10. The molecule has 1 aromatic carbocycles. The van der Waals surface area contributed by atoms with Gasteiger partial charge in [-0.1, -0.05) is 0 Å². The lowest BCUT2D eigenvalue weighted by Gasteiger charge is -2.10. The van der Waals surface area contributed by atoms with E-state index < -0.39 is 39.3 Å². The van der Waals surface area contributed by atoms with Crippen LogP contribution in [0.4, 0.5) is 10.1 Å². The van der Waals surface area contributed by atoms with E-state index in [1.807, 2.05) is 4.72 Å². The number of primary amides is 1. The number of halogens is 1. The van der Waals surface area contributed by atoms with E-state index in [0.29, 0.717) is 0 Å². The van der Waals surface area contributed by atoms with Gasteiger partial charge in [0.2, 0.25) is 15.9 Å². The van der Waals surface area contributed by atoms with Crippen LogP contribution in [0.2, 0.25) is 0 Å². The Kier molecular flexibility index (Phi) is 4.22. The van der Waals surface area contributed by atoms with Crippen molar-refractivity contribution in [3.8, 4) is 0 Å². The van der Waals surface area contributed by atoms with E-state index in [1.54, 1.807) is 0 Å². The summed E-state index contributed by atoms with van der Waals surface area (Å²) < 4.78 is 38.5. The number of nitrogens with two attached hydrogens (primary N) is 2. The van der Waals surface area contributed by atoms with Crippen molar-refractivity contribution in [2.24, 2.45) is 5.73 Å². The van der Waals surface area contributed by atoms with Crippen molar-refractivity contribution in [3.63, 3.8) is 0 Å². The minimum atomic E-state index is -4.18. The van der Waals surface area contributed by atoms with E-state index in [0.717, 1.165) is 12.1 Å². The molecule has 0 bridgehead atoms. The number of rotatable bonds is 5. The molecule has 0 aliphatic heterocycles. The molecule has 1 amide bonds. The predicted molar refractivity (Wildman–Crippen MR) is 61.2 cm³/mol. The van der Waals surface area contributed by atoms with Crippen molar-refractivity contribution < 1.29 is 22.7 Å². The van der Waals surface area contributed by atoms with Gasteiger partial charge in [0.1, 0.15) is 16.8 Å². The third kappa shape index (κ3) is 3.39. The number of hydrogen-bond donors (Lipinski definition) is 4. The molecule has 1 atom stereocenters. The molecule has 0 saturated heterocycles. The fourth-order valence-corrected chi connectivity index (χ4v) is 2.20. The highest BCUT2D eigenvalue weighted by Crippen LogP contribution is 2.16. The van der Waals surface area contributed by atoms with Gasteiger partial charge in [-0.2, -0.15) is 0 Å². The van der Waals surface area contributed by atoms with Gasteiger partial charge in [0.25, 0.3) is 0 Å². The van der Waals surface area contributed by atoms with Crippen LogP contribution in [0.1, 0.15) is 0 Å². The molecule has 0 fully saturated rings. The molecule has 0 saturated carbocycles. The number of hydrogen-bond acceptors (Lipinski definition) is 5. The average Bonchev–Trinajstić information content (AvgIpc) is 2.25. The lowest BCUT2D eigenvalue weighted by molar-refractivity contribution is -0.125. The summed E-state index contributed by atoms with van der Waals surface area (Å²) in [5, 5.41) is 9.03. The molecule has 0 aliphatic carbocycles. The van der Waals surface area contributed by atoms with E-state index in [4.69, 9.17) is 16.6 Å². The highest BCUT2D eigenvalue weighted by Gasteiger charge is 2.21. The Morgan fingerprint density at radius 2 is 2.11 bits per heavy atom. The molecule has 7 nitrogen and oxygen atoms in total. The molecule has 0 aliphatic rings. The van der Waals surface area contributed by atoms with Gasteiger partial charge in [-0.3, -0.25) is 4.79 Å². The summed E-state index contributed by atoms with van der Waals surface area (Å²) in [6.45, 7) is -0.637. The van der Waals surface area contributed by atoms with Crippen molar-refractivity contribution in [3.05, 3.63) is 24.0 Å². The van der Waals surface area contributed by atoms with Gasteiger partial charge >= 0.3 is 0 Å². The molecular weight excluding hydrogens is 265 g/mol. The van der Waals surface area contributed by atoms with Gasteiger partial charge in [-0.05, 0) is 18.2 Å². The third-order valence-corrected chi connectivity index (χ3v) is 3.50. The number of nitrogen functional groups attached to an aromatic ring is 1. The highest BCUT2D eigenvalue weighted by molar-refractivity contribution is 7.89. The van der Waals surface area contributed by atoms with E-state index in [-0.39, 0.29) is 5.69 Å². The molecule has 9 heteroatoms. The maximum atomic E-state index is 13.4. The number of amides is 1. The molecule has 6 N–H and O–H groups in total. The van der Waals surface area contributed by atoms with Crippen molar-refractivity contribution in [1.82, 2.24) is 4.72 Å². The van der Waals surface area contributed by atoms with Crippen LogP contribution in [0.3, 0.4) is 0 Å². The summed E-state index contributed by atoms with van der Waals surface area (Å²) in [4.78, 5) is 9.88. The van der Waals surface area contributed by atoms with Crippen molar-refractivity contribution in [1.29, 1.82) is 0 Å². The first-order valence-electron chi connectivity index (χ1n) is 4.76. The summed E-state index contributed by atoms with van der Waals surface area (Å²) in [6.07, 6.45) is -1.68. The van der Waals surface area contributed by atoms with Crippen LogP contribution in [0, 0.1) is 5.82 Å². The molecule has 1 unspecified atom stereocenters. The molecule has 18 heavy (non-hydrogen) atoms. The number of carbonyl (C=O) groups excluding carboxylic acids is 1. The molecule has 1 aromatic rings.